The van der Waals surface area contributed by atoms with Crippen LogP contribution in [0.4, 0.5) is 0 Å². The largest absolute Gasteiger partial charge is 0.497 e. The van der Waals surface area contributed by atoms with Crippen molar-refractivity contribution in [3.63, 3.8) is 0 Å². The number of nitrogens with one attached hydrogen (secondary N) is 2. The molecule has 1 saturated heterocycles. The SMILES string of the molecule is CCNC(=NCC(c1ccc(OC)cc1)N1CCOCC1)NCCc1cccnc1.I. The molecule has 1 aliphatic rings. The number of hydrogen-bond acceptors (Lipinski definition) is 5. The molecule has 0 radical (unpaired) electrons. The summed E-state index contributed by atoms with van der Waals surface area (Å²) in [5, 5.41) is 6.80. The maximum Gasteiger partial charge on any atom is 0.191 e. The zero-order chi connectivity index (χ0) is 21.0. The van der Waals surface area contributed by atoms with Gasteiger partial charge in [0.15, 0.2) is 5.96 Å². The summed E-state index contributed by atoms with van der Waals surface area (Å²) in [6, 6.07) is 12.6. The fraction of sp³-hybridized carbons (Fsp3) is 0.478. The second kappa shape index (κ2) is 14.2. The van der Waals surface area contributed by atoms with E-state index in [1.54, 1.807) is 13.3 Å². The number of methoxy groups -OCH3 is 1. The van der Waals surface area contributed by atoms with Gasteiger partial charge >= 0.3 is 0 Å². The van der Waals surface area contributed by atoms with Crippen LogP contribution in [0.25, 0.3) is 0 Å². The van der Waals surface area contributed by atoms with Gasteiger partial charge in [-0.15, -0.1) is 24.0 Å². The van der Waals surface area contributed by atoms with Gasteiger partial charge in [0.1, 0.15) is 5.75 Å². The van der Waals surface area contributed by atoms with E-state index in [1.165, 1.54) is 11.1 Å². The molecule has 31 heavy (non-hydrogen) atoms. The number of ether oxygens (including phenoxy) is 2. The lowest BCUT2D eigenvalue weighted by atomic mass is 10.0. The predicted octanol–water partition coefficient (Wildman–Crippen LogP) is 2.88. The topological polar surface area (TPSA) is 71.0 Å². The van der Waals surface area contributed by atoms with Gasteiger partial charge in [0, 0.05) is 38.6 Å². The third-order valence-electron chi connectivity index (χ3n) is 5.18. The number of aromatic nitrogens is 1. The van der Waals surface area contributed by atoms with Crippen molar-refractivity contribution < 1.29 is 9.47 Å². The van der Waals surface area contributed by atoms with Gasteiger partial charge in [0.2, 0.25) is 0 Å². The molecule has 2 heterocycles. The number of hydrogen-bond donors (Lipinski definition) is 2. The molecule has 170 valence electrons. The van der Waals surface area contributed by atoms with Gasteiger partial charge in [0.25, 0.3) is 0 Å². The highest BCUT2D eigenvalue weighted by Gasteiger charge is 2.22. The molecule has 1 aliphatic heterocycles. The highest BCUT2D eigenvalue weighted by molar-refractivity contribution is 14.0. The fourth-order valence-electron chi connectivity index (χ4n) is 3.54. The minimum Gasteiger partial charge on any atom is -0.497 e. The predicted molar refractivity (Wildman–Crippen MR) is 135 cm³/mol. The highest BCUT2D eigenvalue weighted by atomic mass is 127. The van der Waals surface area contributed by atoms with Crippen molar-refractivity contribution in [1.29, 1.82) is 0 Å². The first kappa shape index (κ1) is 25.4. The second-order valence-electron chi connectivity index (χ2n) is 7.19. The Balaban J connectivity index is 0.00000341. The van der Waals surface area contributed by atoms with Crippen molar-refractivity contribution in [1.82, 2.24) is 20.5 Å². The highest BCUT2D eigenvalue weighted by Crippen LogP contribution is 2.24. The molecule has 2 N–H and O–H groups in total. The van der Waals surface area contributed by atoms with E-state index >= 15 is 0 Å². The molecule has 0 aliphatic carbocycles. The molecule has 7 nitrogen and oxygen atoms in total. The Hall–Kier alpha value is -1.91. The Labute approximate surface area is 202 Å². The van der Waals surface area contributed by atoms with E-state index in [2.05, 4.69) is 45.6 Å². The van der Waals surface area contributed by atoms with Crippen LogP contribution in [0.2, 0.25) is 0 Å². The molecule has 8 heteroatoms. The minimum absolute atomic E-state index is 0. The van der Waals surface area contributed by atoms with Crippen molar-refractivity contribution >= 4 is 29.9 Å². The molecule has 0 spiro atoms. The number of rotatable bonds is 9. The fourth-order valence-corrected chi connectivity index (χ4v) is 3.54. The number of morpholine rings is 1. The Bertz CT molecular complexity index is 767. The zero-order valence-electron chi connectivity index (χ0n) is 18.4. The van der Waals surface area contributed by atoms with Crippen molar-refractivity contribution in [2.75, 3.05) is 53.0 Å². The average Bonchev–Trinajstić information content (AvgIpc) is 2.81. The molecule has 2 aromatic rings. The number of pyridine rings is 1. The normalized spacial score (nSPS) is 15.6. The number of halogens is 1. The van der Waals surface area contributed by atoms with Crippen molar-refractivity contribution in [3.8, 4) is 5.75 Å². The molecular weight excluding hydrogens is 505 g/mol. The quantitative estimate of drug-likeness (QED) is 0.290. The van der Waals surface area contributed by atoms with Gasteiger partial charge < -0.3 is 20.1 Å². The Morgan fingerprint density at radius 1 is 1.19 bits per heavy atom. The summed E-state index contributed by atoms with van der Waals surface area (Å²) in [5.41, 5.74) is 2.46. The maximum absolute atomic E-state index is 5.55. The van der Waals surface area contributed by atoms with E-state index in [0.29, 0.717) is 6.54 Å². The average molecular weight is 539 g/mol. The van der Waals surface area contributed by atoms with Gasteiger partial charge in [-0.3, -0.25) is 14.9 Å². The summed E-state index contributed by atoms with van der Waals surface area (Å²) < 4.78 is 10.9. The monoisotopic (exact) mass is 539 g/mol. The van der Waals surface area contributed by atoms with E-state index in [-0.39, 0.29) is 30.0 Å². The summed E-state index contributed by atoms with van der Waals surface area (Å²) in [5.74, 6) is 1.71. The summed E-state index contributed by atoms with van der Waals surface area (Å²) in [4.78, 5) is 11.5. The third-order valence-corrected chi connectivity index (χ3v) is 5.18. The molecule has 1 aromatic heterocycles. The lowest BCUT2D eigenvalue weighted by Gasteiger charge is -2.34. The van der Waals surface area contributed by atoms with E-state index in [0.717, 1.165) is 57.5 Å². The van der Waals surface area contributed by atoms with Crippen LogP contribution in [0, 0.1) is 0 Å². The number of guanidine groups is 1. The zero-order valence-corrected chi connectivity index (χ0v) is 20.7. The van der Waals surface area contributed by atoms with Crippen molar-refractivity contribution in [3.05, 3.63) is 59.9 Å². The molecule has 3 rings (SSSR count). The smallest absolute Gasteiger partial charge is 0.191 e. The van der Waals surface area contributed by atoms with Crippen LogP contribution in [-0.4, -0.2) is 68.9 Å². The van der Waals surface area contributed by atoms with Crippen LogP contribution in [0.15, 0.2) is 53.8 Å². The van der Waals surface area contributed by atoms with Crippen molar-refractivity contribution in [2.24, 2.45) is 4.99 Å². The van der Waals surface area contributed by atoms with E-state index in [4.69, 9.17) is 14.5 Å². The van der Waals surface area contributed by atoms with E-state index in [1.807, 2.05) is 24.4 Å². The van der Waals surface area contributed by atoms with Gasteiger partial charge in [-0.1, -0.05) is 18.2 Å². The van der Waals surface area contributed by atoms with Crippen molar-refractivity contribution in [2.45, 2.75) is 19.4 Å². The molecule has 0 bridgehead atoms. The molecule has 1 atom stereocenters. The lowest BCUT2D eigenvalue weighted by molar-refractivity contribution is 0.0179. The first-order chi connectivity index (χ1) is 14.8. The van der Waals surface area contributed by atoms with E-state index < -0.39 is 0 Å². The minimum atomic E-state index is 0. The summed E-state index contributed by atoms with van der Waals surface area (Å²) in [7, 11) is 1.69. The summed E-state index contributed by atoms with van der Waals surface area (Å²) >= 11 is 0. The molecular formula is C23H34IN5O2. The third kappa shape index (κ3) is 8.27. The van der Waals surface area contributed by atoms with Crippen LogP contribution in [0.5, 0.6) is 5.75 Å². The molecule has 0 amide bonds. The summed E-state index contributed by atoms with van der Waals surface area (Å²) in [6.07, 6.45) is 4.61. The van der Waals surface area contributed by atoms with Gasteiger partial charge in [-0.2, -0.15) is 0 Å². The summed E-state index contributed by atoms with van der Waals surface area (Å²) in [6.45, 7) is 7.75. The van der Waals surface area contributed by atoms with Crippen LogP contribution in [-0.2, 0) is 11.2 Å². The first-order valence-corrected chi connectivity index (χ1v) is 10.7. The Kier molecular flexibility index (Phi) is 11.6. The Morgan fingerprint density at radius 3 is 2.61 bits per heavy atom. The molecule has 1 unspecified atom stereocenters. The molecule has 1 aromatic carbocycles. The lowest BCUT2D eigenvalue weighted by Crippen LogP contribution is -2.42. The second-order valence-corrected chi connectivity index (χ2v) is 7.19. The molecule has 0 saturated carbocycles. The number of aliphatic imine (C=N–C) groups is 1. The maximum atomic E-state index is 5.55. The number of benzene rings is 1. The number of nitrogens with zero attached hydrogens (tertiary/aromatic N) is 3. The van der Waals surface area contributed by atoms with Gasteiger partial charge in [-0.25, -0.2) is 0 Å². The first-order valence-electron chi connectivity index (χ1n) is 10.7. The van der Waals surface area contributed by atoms with Gasteiger partial charge in [-0.05, 0) is 42.7 Å². The van der Waals surface area contributed by atoms with Crippen LogP contribution in [0.1, 0.15) is 24.1 Å². The molecule has 1 fully saturated rings. The van der Waals surface area contributed by atoms with Crippen LogP contribution in [0.3, 0.4) is 0 Å². The van der Waals surface area contributed by atoms with Gasteiger partial charge in [0.05, 0.1) is 32.9 Å². The standard InChI is InChI=1S/C23H33N5O2.HI/c1-3-25-23(26-12-10-19-5-4-11-24-17-19)27-18-22(28-13-15-30-16-14-28)20-6-8-21(29-2)9-7-20;/h4-9,11,17,22H,3,10,12-16,18H2,1-2H3,(H2,25,26,27);1H. The Morgan fingerprint density at radius 2 is 1.97 bits per heavy atom. The van der Waals surface area contributed by atoms with Crippen LogP contribution >= 0.6 is 24.0 Å². The van der Waals surface area contributed by atoms with Crippen LogP contribution < -0.4 is 15.4 Å². The van der Waals surface area contributed by atoms with E-state index in [9.17, 15) is 0 Å².